The van der Waals surface area contributed by atoms with Crippen molar-refractivity contribution in [2.75, 3.05) is 46.3 Å². The van der Waals surface area contributed by atoms with Gasteiger partial charge in [0.05, 0.1) is 6.54 Å². The Morgan fingerprint density at radius 2 is 1.92 bits per heavy atom. The van der Waals surface area contributed by atoms with E-state index in [4.69, 9.17) is 0 Å². The zero-order chi connectivity index (χ0) is 17.4. The zero-order valence-corrected chi connectivity index (χ0v) is 15.1. The molecule has 2 saturated heterocycles. The van der Waals surface area contributed by atoms with Crippen molar-refractivity contribution >= 4 is 5.96 Å². The first-order chi connectivity index (χ1) is 11.6. The predicted octanol–water partition coefficient (Wildman–Crippen LogP) is 1.76. The van der Waals surface area contributed by atoms with Crippen LogP contribution in [-0.2, 0) is 0 Å². The van der Waals surface area contributed by atoms with Crippen LogP contribution in [0.4, 0.5) is 8.78 Å². The number of hydrogen-bond acceptors (Lipinski definition) is 3. The van der Waals surface area contributed by atoms with E-state index in [0.29, 0.717) is 12.1 Å². The predicted molar refractivity (Wildman–Crippen MR) is 94.8 cm³/mol. The van der Waals surface area contributed by atoms with Crippen molar-refractivity contribution in [3.05, 3.63) is 0 Å². The monoisotopic (exact) mass is 345 g/mol. The molecule has 2 N–H and O–H groups in total. The maximum Gasteiger partial charge on any atom is 0.251 e. The number of nitrogens with zero attached hydrogens (tertiary/aromatic N) is 3. The molecular weight excluding hydrogens is 312 g/mol. The van der Waals surface area contributed by atoms with Crippen LogP contribution in [0, 0.1) is 0 Å². The summed E-state index contributed by atoms with van der Waals surface area (Å²) in [6, 6.07) is 0.897. The summed E-state index contributed by atoms with van der Waals surface area (Å²) in [7, 11) is 1.79. The van der Waals surface area contributed by atoms with Gasteiger partial charge in [-0.1, -0.05) is 13.3 Å². The van der Waals surface area contributed by atoms with Gasteiger partial charge in [0.15, 0.2) is 5.96 Å². The third-order valence-corrected chi connectivity index (χ3v) is 5.21. The van der Waals surface area contributed by atoms with E-state index in [9.17, 15) is 8.78 Å². The summed E-state index contributed by atoms with van der Waals surface area (Å²) in [6.07, 6.45) is 3.38. The van der Waals surface area contributed by atoms with Crippen molar-refractivity contribution in [2.24, 2.45) is 4.99 Å². The molecule has 2 rings (SSSR count). The molecule has 2 aliphatic rings. The number of likely N-dealkylation sites (tertiary alicyclic amines) is 2. The molecule has 2 aliphatic heterocycles. The number of nitrogens with one attached hydrogen (secondary N) is 2. The summed E-state index contributed by atoms with van der Waals surface area (Å²) in [5, 5.41) is 6.92. The molecule has 2 heterocycles. The van der Waals surface area contributed by atoms with Crippen molar-refractivity contribution in [1.29, 1.82) is 0 Å². The number of piperidine rings is 2. The number of halogens is 2. The summed E-state index contributed by atoms with van der Waals surface area (Å²) in [6.45, 7) is 6.78. The Morgan fingerprint density at radius 1 is 1.17 bits per heavy atom. The lowest BCUT2D eigenvalue weighted by Gasteiger charge is -2.36. The number of hydrogen-bond donors (Lipinski definition) is 2. The number of likely N-dealkylation sites (N-methyl/N-ethyl adjacent to an activating group) is 1. The first-order valence-electron chi connectivity index (χ1n) is 9.34. The smallest absolute Gasteiger partial charge is 0.251 e. The zero-order valence-electron chi connectivity index (χ0n) is 15.1. The van der Waals surface area contributed by atoms with Gasteiger partial charge in [-0.05, 0) is 38.8 Å². The lowest BCUT2D eigenvalue weighted by Crippen LogP contribution is -2.52. The van der Waals surface area contributed by atoms with Crippen LogP contribution in [-0.4, -0.2) is 80.6 Å². The van der Waals surface area contributed by atoms with Crippen molar-refractivity contribution in [3.63, 3.8) is 0 Å². The van der Waals surface area contributed by atoms with Crippen LogP contribution >= 0.6 is 0 Å². The Hall–Kier alpha value is -0.950. The van der Waals surface area contributed by atoms with Crippen LogP contribution in [0.5, 0.6) is 0 Å². The van der Waals surface area contributed by atoms with E-state index in [2.05, 4.69) is 27.4 Å². The molecule has 7 heteroatoms. The molecule has 0 spiro atoms. The Balaban J connectivity index is 1.71. The third-order valence-electron chi connectivity index (χ3n) is 5.21. The van der Waals surface area contributed by atoms with Crippen molar-refractivity contribution in [3.8, 4) is 0 Å². The Bertz CT molecular complexity index is 383. The van der Waals surface area contributed by atoms with Gasteiger partial charge in [0, 0.05) is 38.8 Å². The van der Waals surface area contributed by atoms with Crippen LogP contribution in [0.2, 0.25) is 0 Å². The minimum Gasteiger partial charge on any atom is -0.355 e. The number of alkyl halides is 2. The minimum atomic E-state index is -2.24. The van der Waals surface area contributed by atoms with Gasteiger partial charge < -0.3 is 10.6 Å². The van der Waals surface area contributed by atoms with E-state index >= 15 is 0 Å². The summed E-state index contributed by atoms with van der Waals surface area (Å²) in [5.41, 5.74) is 0. The SMILES string of the molecule is CCN1CCCCC1CNC(=NC)NC1CCN(CC(F)F)CC1. The Labute approximate surface area is 144 Å². The second kappa shape index (κ2) is 10.1. The van der Waals surface area contributed by atoms with Gasteiger partial charge in [0.25, 0.3) is 6.43 Å². The average Bonchev–Trinajstić information content (AvgIpc) is 2.59. The van der Waals surface area contributed by atoms with Gasteiger partial charge in [-0.15, -0.1) is 0 Å². The summed E-state index contributed by atoms with van der Waals surface area (Å²) in [4.78, 5) is 8.71. The topological polar surface area (TPSA) is 42.9 Å². The van der Waals surface area contributed by atoms with E-state index in [-0.39, 0.29) is 6.54 Å². The highest BCUT2D eigenvalue weighted by atomic mass is 19.3. The minimum absolute atomic E-state index is 0.103. The van der Waals surface area contributed by atoms with E-state index in [0.717, 1.165) is 45.0 Å². The van der Waals surface area contributed by atoms with Gasteiger partial charge in [-0.2, -0.15) is 0 Å². The quantitative estimate of drug-likeness (QED) is 0.569. The second-order valence-corrected chi connectivity index (χ2v) is 6.84. The number of rotatable bonds is 6. The van der Waals surface area contributed by atoms with Crippen molar-refractivity contribution < 1.29 is 8.78 Å². The Morgan fingerprint density at radius 3 is 2.54 bits per heavy atom. The molecule has 0 bridgehead atoms. The molecule has 0 amide bonds. The number of guanidine groups is 1. The maximum atomic E-state index is 12.4. The van der Waals surface area contributed by atoms with E-state index in [1.165, 1.54) is 25.8 Å². The molecule has 2 fully saturated rings. The largest absolute Gasteiger partial charge is 0.355 e. The molecule has 5 nitrogen and oxygen atoms in total. The summed E-state index contributed by atoms with van der Waals surface area (Å²) in [5.74, 6) is 0.837. The first kappa shape index (κ1) is 19.4. The molecule has 0 aromatic carbocycles. The second-order valence-electron chi connectivity index (χ2n) is 6.84. The Kier molecular flexibility index (Phi) is 8.18. The standard InChI is InChI=1S/C17H33F2N5/c1-3-24-9-5-4-6-15(24)12-21-17(20-2)22-14-7-10-23(11-8-14)13-16(18)19/h14-16H,3-13H2,1-2H3,(H2,20,21,22). The summed E-state index contributed by atoms with van der Waals surface area (Å²) >= 11 is 0. The molecule has 0 aliphatic carbocycles. The fraction of sp³-hybridized carbons (Fsp3) is 0.941. The molecule has 24 heavy (non-hydrogen) atoms. The highest BCUT2D eigenvalue weighted by Gasteiger charge is 2.23. The molecule has 0 aromatic heterocycles. The lowest BCUT2D eigenvalue weighted by atomic mass is 10.0. The van der Waals surface area contributed by atoms with Crippen LogP contribution < -0.4 is 10.6 Å². The molecule has 0 radical (unpaired) electrons. The number of aliphatic imine (C=N–C) groups is 1. The summed E-state index contributed by atoms with van der Waals surface area (Å²) < 4.78 is 24.9. The molecule has 0 saturated carbocycles. The van der Waals surface area contributed by atoms with E-state index in [1.54, 1.807) is 7.05 Å². The van der Waals surface area contributed by atoms with Crippen LogP contribution in [0.3, 0.4) is 0 Å². The fourth-order valence-electron chi connectivity index (χ4n) is 3.77. The normalized spacial score (nSPS) is 25.2. The van der Waals surface area contributed by atoms with Crippen molar-refractivity contribution in [1.82, 2.24) is 20.4 Å². The van der Waals surface area contributed by atoms with Crippen LogP contribution in [0.15, 0.2) is 4.99 Å². The maximum absolute atomic E-state index is 12.4. The van der Waals surface area contributed by atoms with E-state index < -0.39 is 6.43 Å². The van der Waals surface area contributed by atoms with Gasteiger partial charge in [0.1, 0.15) is 0 Å². The fourth-order valence-corrected chi connectivity index (χ4v) is 3.77. The average molecular weight is 345 g/mol. The van der Waals surface area contributed by atoms with Gasteiger partial charge in [-0.25, -0.2) is 8.78 Å². The van der Waals surface area contributed by atoms with Gasteiger partial charge in [0.2, 0.25) is 0 Å². The lowest BCUT2D eigenvalue weighted by molar-refractivity contribution is 0.0744. The molecule has 0 aromatic rings. The van der Waals surface area contributed by atoms with E-state index in [1.807, 2.05) is 4.90 Å². The molecular formula is C17H33F2N5. The van der Waals surface area contributed by atoms with Crippen LogP contribution in [0.25, 0.3) is 0 Å². The molecule has 1 unspecified atom stereocenters. The highest BCUT2D eigenvalue weighted by Crippen LogP contribution is 2.16. The third kappa shape index (κ3) is 6.16. The molecule has 1 atom stereocenters. The molecule has 140 valence electrons. The first-order valence-corrected chi connectivity index (χ1v) is 9.34. The van der Waals surface area contributed by atoms with Gasteiger partial charge >= 0.3 is 0 Å². The highest BCUT2D eigenvalue weighted by molar-refractivity contribution is 5.80. The van der Waals surface area contributed by atoms with Crippen molar-refractivity contribution in [2.45, 2.75) is 57.5 Å². The van der Waals surface area contributed by atoms with Gasteiger partial charge in [-0.3, -0.25) is 14.8 Å². The van der Waals surface area contributed by atoms with Crippen LogP contribution in [0.1, 0.15) is 39.0 Å².